The van der Waals surface area contributed by atoms with Crippen molar-refractivity contribution in [3.8, 4) is 5.75 Å². The summed E-state index contributed by atoms with van der Waals surface area (Å²) in [4.78, 5) is 22.9. The van der Waals surface area contributed by atoms with Crippen LogP contribution in [0.2, 0.25) is 0 Å². The van der Waals surface area contributed by atoms with E-state index >= 15 is 0 Å². The number of aryl methyl sites for hydroxylation is 1. The van der Waals surface area contributed by atoms with Gasteiger partial charge in [-0.2, -0.15) is 0 Å². The molecule has 114 valence electrons. The first-order valence-corrected chi connectivity index (χ1v) is 7.11. The lowest BCUT2D eigenvalue weighted by molar-refractivity contribution is -0.155. The Labute approximate surface area is 124 Å². The smallest absolute Gasteiger partial charge is 0.309 e. The van der Waals surface area contributed by atoms with Crippen molar-refractivity contribution in [3.63, 3.8) is 0 Å². The van der Waals surface area contributed by atoms with E-state index in [1.165, 1.54) is 0 Å². The maximum Gasteiger partial charge on any atom is 0.309 e. The second-order valence-corrected chi connectivity index (χ2v) is 6.05. The molecule has 0 unspecified atom stereocenters. The second kappa shape index (κ2) is 6.16. The van der Waals surface area contributed by atoms with Crippen molar-refractivity contribution in [1.29, 1.82) is 0 Å². The minimum atomic E-state index is -0.479. The fraction of sp³-hybridized carbons (Fsp3) is 0.500. The number of esters is 1. The standard InChI is InChI=1S/C16H21NO4/c1-16(2,3)21-15(19)8-9-20-12-6-4-11-5-7-14(18)17-13(11)10-12/h4,6,10H,5,7-9H2,1-3H3,(H,17,18). The number of fused-ring (bicyclic) bond motifs is 1. The zero-order chi connectivity index (χ0) is 15.5. The predicted octanol–water partition coefficient (Wildman–Crippen LogP) is 2.68. The first-order chi connectivity index (χ1) is 9.83. The fourth-order valence-electron chi connectivity index (χ4n) is 2.09. The van der Waals surface area contributed by atoms with Gasteiger partial charge in [-0.15, -0.1) is 0 Å². The summed E-state index contributed by atoms with van der Waals surface area (Å²) in [6.07, 6.45) is 1.46. The average Bonchev–Trinajstić information content (AvgIpc) is 2.36. The lowest BCUT2D eigenvalue weighted by atomic mass is 10.0. The Bertz CT molecular complexity index is 546. The molecule has 1 aliphatic heterocycles. The maximum atomic E-state index is 11.6. The van der Waals surface area contributed by atoms with E-state index in [4.69, 9.17) is 9.47 Å². The van der Waals surface area contributed by atoms with Gasteiger partial charge >= 0.3 is 5.97 Å². The highest BCUT2D eigenvalue weighted by molar-refractivity contribution is 5.94. The van der Waals surface area contributed by atoms with Gasteiger partial charge < -0.3 is 14.8 Å². The zero-order valence-electron chi connectivity index (χ0n) is 12.7. The van der Waals surface area contributed by atoms with E-state index in [2.05, 4.69) is 5.32 Å². The molecular weight excluding hydrogens is 270 g/mol. The van der Waals surface area contributed by atoms with Gasteiger partial charge in [0.2, 0.25) is 5.91 Å². The van der Waals surface area contributed by atoms with Gasteiger partial charge in [-0.1, -0.05) is 6.07 Å². The fourth-order valence-corrected chi connectivity index (χ4v) is 2.09. The maximum absolute atomic E-state index is 11.6. The SMILES string of the molecule is CC(C)(C)OC(=O)CCOc1ccc2c(c1)NC(=O)CC2. The van der Waals surface area contributed by atoms with Crippen molar-refractivity contribution < 1.29 is 19.1 Å². The van der Waals surface area contributed by atoms with Gasteiger partial charge in [-0.3, -0.25) is 9.59 Å². The molecular formula is C16H21NO4. The van der Waals surface area contributed by atoms with Gasteiger partial charge in [0.1, 0.15) is 11.4 Å². The molecule has 1 heterocycles. The molecule has 5 nitrogen and oxygen atoms in total. The van der Waals surface area contributed by atoms with Crippen molar-refractivity contribution in [2.45, 2.75) is 45.6 Å². The van der Waals surface area contributed by atoms with Crippen molar-refractivity contribution in [2.75, 3.05) is 11.9 Å². The van der Waals surface area contributed by atoms with Crippen LogP contribution in [0.3, 0.4) is 0 Å². The third-order valence-electron chi connectivity index (χ3n) is 2.97. The van der Waals surface area contributed by atoms with E-state index in [9.17, 15) is 9.59 Å². The number of benzene rings is 1. The number of amides is 1. The van der Waals surface area contributed by atoms with Gasteiger partial charge in [0, 0.05) is 18.2 Å². The monoisotopic (exact) mass is 291 g/mol. The Morgan fingerprint density at radius 3 is 2.76 bits per heavy atom. The van der Waals surface area contributed by atoms with Crippen molar-refractivity contribution in [3.05, 3.63) is 23.8 Å². The highest BCUT2D eigenvalue weighted by Crippen LogP contribution is 2.27. The summed E-state index contributed by atoms with van der Waals surface area (Å²) in [5.41, 5.74) is 1.42. The van der Waals surface area contributed by atoms with Crippen LogP contribution in [0.15, 0.2) is 18.2 Å². The van der Waals surface area contributed by atoms with E-state index in [0.29, 0.717) is 12.2 Å². The van der Waals surface area contributed by atoms with Crippen LogP contribution in [0.1, 0.15) is 39.2 Å². The molecule has 0 saturated heterocycles. The summed E-state index contributed by atoms with van der Waals surface area (Å²) in [7, 11) is 0. The number of hydrogen-bond donors (Lipinski definition) is 1. The topological polar surface area (TPSA) is 64.6 Å². The molecule has 1 aromatic rings. The quantitative estimate of drug-likeness (QED) is 0.866. The van der Waals surface area contributed by atoms with E-state index in [1.807, 2.05) is 32.9 Å². The molecule has 0 saturated carbocycles. The molecule has 1 aliphatic rings. The molecule has 2 rings (SSSR count). The Balaban J connectivity index is 1.85. The summed E-state index contributed by atoms with van der Waals surface area (Å²) in [5.74, 6) is 0.377. The van der Waals surface area contributed by atoms with E-state index in [-0.39, 0.29) is 24.9 Å². The van der Waals surface area contributed by atoms with Crippen LogP contribution >= 0.6 is 0 Å². The molecule has 1 N–H and O–H groups in total. The largest absolute Gasteiger partial charge is 0.493 e. The van der Waals surface area contributed by atoms with Crippen LogP contribution in [0.25, 0.3) is 0 Å². The molecule has 0 spiro atoms. The Hall–Kier alpha value is -2.04. The van der Waals surface area contributed by atoms with Gasteiger partial charge in [0.05, 0.1) is 13.0 Å². The van der Waals surface area contributed by atoms with Crippen molar-refractivity contribution >= 4 is 17.6 Å². The Kier molecular flexibility index (Phi) is 4.50. The van der Waals surface area contributed by atoms with Crippen LogP contribution in [0.4, 0.5) is 5.69 Å². The molecule has 0 aliphatic carbocycles. The number of nitrogens with one attached hydrogen (secondary N) is 1. The van der Waals surface area contributed by atoms with Gasteiger partial charge in [0.15, 0.2) is 0 Å². The van der Waals surface area contributed by atoms with E-state index in [1.54, 1.807) is 6.07 Å². The van der Waals surface area contributed by atoms with E-state index in [0.717, 1.165) is 17.7 Å². The minimum absolute atomic E-state index is 0.0217. The van der Waals surface area contributed by atoms with Crippen LogP contribution in [-0.4, -0.2) is 24.1 Å². The predicted molar refractivity (Wildman–Crippen MR) is 79.3 cm³/mol. The molecule has 5 heteroatoms. The molecule has 0 atom stereocenters. The summed E-state index contributed by atoms with van der Waals surface area (Å²) in [5, 5.41) is 2.82. The lowest BCUT2D eigenvalue weighted by Gasteiger charge is -2.20. The summed E-state index contributed by atoms with van der Waals surface area (Å²) >= 11 is 0. The normalized spacial score (nSPS) is 14.1. The molecule has 0 fully saturated rings. The van der Waals surface area contributed by atoms with E-state index < -0.39 is 5.60 Å². The van der Waals surface area contributed by atoms with Gasteiger partial charge in [-0.25, -0.2) is 0 Å². The number of carbonyl (C=O) groups excluding carboxylic acids is 2. The number of rotatable bonds is 4. The summed E-state index contributed by atoms with van der Waals surface area (Å²) in [6, 6.07) is 5.59. The first-order valence-electron chi connectivity index (χ1n) is 7.11. The van der Waals surface area contributed by atoms with Crippen LogP contribution in [0, 0.1) is 0 Å². The molecule has 0 radical (unpaired) electrons. The second-order valence-electron chi connectivity index (χ2n) is 6.05. The molecule has 1 aromatic carbocycles. The number of ether oxygens (including phenoxy) is 2. The average molecular weight is 291 g/mol. The van der Waals surface area contributed by atoms with Gasteiger partial charge in [0.25, 0.3) is 0 Å². The van der Waals surface area contributed by atoms with Crippen LogP contribution in [-0.2, 0) is 20.7 Å². The third-order valence-corrected chi connectivity index (χ3v) is 2.97. The molecule has 0 aromatic heterocycles. The van der Waals surface area contributed by atoms with Gasteiger partial charge in [-0.05, 0) is 38.8 Å². The number of hydrogen-bond acceptors (Lipinski definition) is 4. The molecule has 1 amide bonds. The van der Waals surface area contributed by atoms with Crippen LogP contribution < -0.4 is 10.1 Å². The number of carbonyl (C=O) groups is 2. The molecule has 0 bridgehead atoms. The zero-order valence-corrected chi connectivity index (χ0v) is 12.7. The highest BCUT2D eigenvalue weighted by Gasteiger charge is 2.17. The first kappa shape index (κ1) is 15.4. The Morgan fingerprint density at radius 2 is 2.05 bits per heavy atom. The number of anilines is 1. The third kappa shape index (κ3) is 4.77. The van der Waals surface area contributed by atoms with Crippen molar-refractivity contribution in [2.24, 2.45) is 0 Å². The minimum Gasteiger partial charge on any atom is -0.493 e. The summed E-state index contributed by atoms with van der Waals surface area (Å²) in [6.45, 7) is 5.75. The Morgan fingerprint density at radius 1 is 1.29 bits per heavy atom. The lowest BCUT2D eigenvalue weighted by Crippen LogP contribution is -2.24. The van der Waals surface area contributed by atoms with Crippen LogP contribution in [0.5, 0.6) is 5.75 Å². The highest BCUT2D eigenvalue weighted by atomic mass is 16.6. The van der Waals surface area contributed by atoms with Crippen molar-refractivity contribution in [1.82, 2.24) is 0 Å². The summed E-state index contributed by atoms with van der Waals surface area (Å²) < 4.78 is 10.7. The molecule has 21 heavy (non-hydrogen) atoms.